The summed E-state index contributed by atoms with van der Waals surface area (Å²) in [4.78, 5) is 21.4. The van der Waals surface area contributed by atoms with Gasteiger partial charge in [0.2, 0.25) is 5.96 Å². The Hall–Kier alpha value is -3.67. The third-order valence-electron chi connectivity index (χ3n) is 4.43. The van der Waals surface area contributed by atoms with Gasteiger partial charge in [0.05, 0.1) is 13.2 Å². The number of hydrogen-bond donors (Lipinski definition) is 2. The molecule has 0 aliphatic carbocycles. The molecule has 2 aromatic carbocycles. The number of aryl methyl sites for hydroxylation is 1. The lowest BCUT2D eigenvalue weighted by Gasteiger charge is -2.13. The van der Waals surface area contributed by atoms with Crippen molar-refractivity contribution in [1.29, 1.82) is 0 Å². The number of ether oxygens (including phenoxy) is 1. The van der Waals surface area contributed by atoms with Gasteiger partial charge in [-0.05, 0) is 66.9 Å². The number of aliphatic imine (C=N–C) groups is 1. The number of amides is 1. The average molecular weight is 402 g/mol. The highest BCUT2D eigenvalue weighted by atomic mass is 16.5. The molecule has 0 spiro atoms. The maximum atomic E-state index is 12.7. The Bertz CT molecular complexity index is 968. The van der Waals surface area contributed by atoms with E-state index in [1.54, 1.807) is 12.4 Å². The Balaban J connectivity index is 1.76. The fraction of sp³-hybridized carbons (Fsp3) is 0.208. The van der Waals surface area contributed by atoms with E-state index >= 15 is 0 Å². The van der Waals surface area contributed by atoms with Crippen molar-refractivity contribution in [1.82, 2.24) is 10.3 Å². The minimum absolute atomic E-state index is 0.221. The maximum Gasteiger partial charge on any atom is 0.257 e. The Morgan fingerprint density at radius 1 is 1.00 bits per heavy atom. The van der Waals surface area contributed by atoms with E-state index in [-0.39, 0.29) is 5.91 Å². The second-order valence-electron chi connectivity index (χ2n) is 6.61. The zero-order valence-electron chi connectivity index (χ0n) is 17.3. The van der Waals surface area contributed by atoms with Crippen LogP contribution in [0.5, 0.6) is 5.75 Å². The number of nitrogens with zero attached hydrogens (tertiary/aromatic N) is 2. The molecule has 0 saturated carbocycles. The molecule has 0 bridgehead atoms. The molecule has 1 aromatic heterocycles. The highest BCUT2D eigenvalue weighted by Gasteiger charge is 2.10. The summed E-state index contributed by atoms with van der Waals surface area (Å²) in [5, 5.41) is 6.06. The SMILES string of the molecule is CCOc1ccc(NC(=NCc2cccnc2)NC(=O)c2ccc(CC)cc2)cc1. The normalized spacial score (nSPS) is 11.1. The van der Waals surface area contributed by atoms with Crippen LogP contribution in [-0.2, 0) is 13.0 Å². The van der Waals surface area contributed by atoms with Crippen LogP contribution in [0.2, 0.25) is 0 Å². The van der Waals surface area contributed by atoms with Gasteiger partial charge in [0.1, 0.15) is 5.75 Å². The summed E-state index contributed by atoms with van der Waals surface area (Å²) in [7, 11) is 0. The molecular formula is C24H26N4O2. The molecule has 0 aliphatic rings. The molecule has 1 amide bonds. The van der Waals surface area contributed by atoms with Gasteiger partial charge in [-0.15, -0.1) is 0 Å². The predicted molar refractivity (Wildman–Crippen MR) is 120 cm³/mol. The number of anilines is 1. The van der Waals surface area contributed by atoms with E-state index in [4.69, 9.17) is 4.74 Å². The van der Waals surface area contributed by atoms with Crippen LogP contribution in [0.1, 0.15) is 35.3 Å². The van der Waals surface area contributed by atoms with E-state index in [1.165, 1.54) is 5.56 Å². The number of aromatic nitrogens is 1. The summed E-state index contributed by atoms with van der Waals surface area (Å²) in [5.74, 6) is 0.936. The lowest BCUT2D eigenvalue weighted by atomic mass is 10.1. The quantitative estimate of drug-likeness (QED) is 0.452. The Kier molecular flexibility index (Phi) is 7.55. The van der Waals surface area contributed by atoms with Crippen LogP contribution in [0.4, 0.5) is 5.69 Å². The van der Waals surface area contributed by atoms with Crippen LogP contribution in [-0.4, -0.2) is 23.5 Å². The molecule has 0 fully saturated rings. The van der Waals surface area contributed by atoms with Gasteiger partial charge in [-0.1, -0.05) is 25.1 Å². The number of nitrogens with one attached hydrogen (secondary N) is 2. The first kappa shape index (κ1) is 21.0. The van der Waals surface area contributed by atoms with Gasteiger partial charge >= 0.3 is 0 Å². The molecule has 0 radical (unpaired) electrons. The minimum Gasteiger partial charge on any atom is -0.494 e. The number of pyridine rings is 1. The molecule has 0 saturated heterocycles. The van der Waals surface area contributed by atoms with Crippen molar-refractivity contribution in [3.8, 4) is 5.75 Å². The summed E-state index contributed by atoms with van der Waals surface area (Å²) in [5.41, 5.74) is 3.51. The van der Waals surface area contributed by atoms with Crippen LogP contribution in [0.3, 0.4) is 0 Å². The third kappa shape index (κ3) is 6.17. The minimum atomic E-state index is -0.221. The standard InChI is InChI=1S/C24H26N4O2/c1-3-18-7-9-20(10-8-18)23(29)28-24(26-17-19-6-5-15-25-16-19)27-21-11-13-22(14-12-21)30-4-2/h5-16H,3-4,17H2,1-2H3,(H2,26,27,28,29). The van der Waals surface area contributed by atoms with Crippen molar-refractivity contribution >= 4 is 17.6 Å². The first-order valence-corrected chi connectivity index (χ1v) is 10.0. The molecule has 6 heteroatoms. The second kappa shape index (κ2) is 10.8. The van der Waals surface area contributed by atoms with Crippen LogP contribution in [0.15, 0.2) is 78.0 Å². The lowest BCUT2D eigenvalue weighted by molar-refractivity contribution is 0.0977. The predicted octanol–water partition coefficient (Wildman–Crippen LogP) is 4.44. The van der Waals surface area contributed by atoms with Crippen LogP contribution in [0, 0.1) is 0 Å². The smallest absolute Gasteiger partial charge is 0.257 e. The van der Waals surface area contributed by atoms with Crippen molar-refractivity contribution in [2.24, 2.45) is 4.99 Å². The monoisotopic (exact) mass is 402 g/mol. The summed E-state index contributed by atoms with van der Waals surface area (Å²) >= 11 is 0. The second-order valence-corrected chi connectivity index (χ2v) is 6.61. The van der Waals surface area contributed by atoms with Crippen LogP contribution < -0.4 is 15.4 Å². The van der Waals surface area contributed by atoms with Gasteiger partial charge in [0.25, 0.3) is 5.91 Å². The molecule has 2 N–H and O–H groups in total. The first-order valence-electron chi connectivity index (χ1n) is 10.0. The molecule has 1 heterocycles. The third-order valence-corrected chi connectivity index (χ3v) is 4.43. The van der Waals surface area contributed by atoms with Gasteiger partial charge in [-0.3, -0.25) is 15.1 Å². The molecule has 30 heavy (non-hydrogen) atoms. The molecule has 3 rings (SSSR count). The molecular weight excluding hydrogens is 376 g/mol. The summed E-state index contributed by atoms with van der Waals surface area (Å²) < 4.78 is 5.48. The first-order chi connectivity index (χ1) is 14.7. The van der Waals surface area contributed by atoms with E-state index in [1.807, 2.05) is 67.6 Å². The van der Waals surface area contributed by atoms with Gasteiger partial charge < -0.3 is 10.1 Å². The van der Waals surface area contributed by atoms with Crippen LogP contribution >= 0.6 is 0 Å². The van der Waals surface area contributed by atoms with E-state index < -0.39 is 0 Å². The lowest BCUT2D eigenvalue weighted by Crippen LogP contribution is -2.36. The van der Waals surface area contributed by atoms with E-state index in [0.29, 0.717) is 24.7 Å². The van der Waals surface area contributed by atoms with Crippen molar-refractivity contribution < 1.29 is 9.53 Å². The number of carbonyl (C=O) groups excluding carboxylic acids is 1. The molecule has 6 nitrogen and oxygen atoms in total. The number of benzene rings is 2. The fourth-order valence-corrected chi connectivity index (χ4v) is 2.78. The summed E-state index contributed by atoms with van der Waals surface area (Å²) in [6, 6.07) is 18.9. The van der Waals surface area contributed by atoms with Gasteiger partial charge in [0, 0.05) is 23.6 Å². The highest BCUT2D eigenvalue weighted by molar-refractivity contribution is 6.09. The molecule has 0 aliphatic heterocycles. The number of hydrogen-bond acceptors (Lipinski definition) is 4. The number of rotatable bonds is 7. The zero-order chi connectivity index (χ0) is 21.2. The molecule has 0 atom stereocenters. The van der Waals surface area contributed by atoms with E-state index in [9.17, 15) is 4.79 Å². The molecule has 154 valence electrons. The Morgan fingerprint density at radius 2 is 1.77 bits per heavy atom. The molecule has 3 aromatic rings. The van der Waals surface area contributed by atoms with Gasteiger partial charge in [0.15, 0.2) is 0 Å². The molecule has 0 unspecified atom stereocenters. The van der Waals surface area contributed by atoms with E-state index in [2.05, 4.69) is 27.5 Å². The Labute approximate surface area is 177 Å². The van der Waals surface area contributed by atoms with Gasteiger partial charge in [-0.25, -0.2) is 4.99 Å². The van der Waals surface area contributed by atoms with Gasteiger partial charge in [-0.2, -0.15) is 0 Å². The van der Waals surface area contributed by atoms with Crippen molar-refractivity contribution in [3.63, 3.8) is 0 Å². The highest BCUT2D eigenvalue weighted by Crippen LogP contribution is 2.15. The number of guanidine groups is 1. The van der Waals surface area contributed by atoms with Crippen molar-refractivity contribution in [2.75, 3.05) is 11.9 Å². The average Bonchev–Trinajstić information content (AvgIpc) is 2.79. The topological polar surface area (TPSA) is 75.6 Å². The van der Waals surface area contributed by atoms with E-state index in [0.717, 1.165) is 23.4 Å². The zero-order valence-corrected chi connectivity index (χ0v) is 17.3. The van der Waals surface area contributed by atoms with Crippen LogP contribution in [0.25, 0.3) is 0 Å². The largest absolute Gasteiger partial charge is 0.494 e. The van der Waals surface area contributed by atoms with Crippen molar-refractivity contribution in [3.05, 3.63) is 89.7 Å². The summed E-state index contributed by atoms with van der Waals surface area (Å²) in [6.45, 7) is 5.02. The Morgan fingerprint density at radius 3 is 2.40 bits per heavy atom. The maximum absolute atomic E-state index is 12.7. The fourth-order valence-electron chi connectivity index (χ4n) is 2.78. The van der Waals surface area contributed by atoms with Crippen molar-refractivity contribution in [2.45, 2.75) is 26.8 Å². The number of carbonyl (C=O) groups is 1. The summed E-state index contributed by atoms with van der Waals surface area (Å²) in [6.07, 6.45) is 4.40.